The van der Waals surface area contributed by atoms with Crippen LogP contribution in [0.15, 0.2) is 53.3 Å². The first-order valence-corrected chi connectivity index (χ1v) is 13.3. The maximum Gasteiger partial charge on any atom is 0.229 e. The van der Waals surface area contributed by atoms with Crippen LogP contribution in [0.2, 0.25) is 0 Å². The van der Waals surface area contributed by atoms with Gasteiger partial charge in [-0.1, -0.05) is 35.8 Å². The Kier molecular flexibility index (Phi) is 9.06. The van der Waals surface area contributed by atoms with Crippen LogP contribution >= 0.6 is 15.9 Å². The van der Waals surface area contributed by atoms with E-state index in [1.165, 1.54) is 5.56 Å². The van der Waals surface area contributed by atoms with Crippen molar-refractivity contribution in [3.63, 3.8) is 0 Å². The molecule has 0 aliphatic heterocycles. The van der Waals surface area contributed by atoms with Gasteiger partial charge in [-0.15, -0.1) is 0 Å². The lowest BCUT2D eigenvalue weighted by Crippen LogP contribution is -2.29. The van der Waals surface area contributed by atoms with Crippen molar-refractivity contribution in [3.05, 3.63) is 58.8 Å². The lowest BCUT2D eigenvalue weighted by atomic mass is 9.93. The van der Waals surface area contributed by atoms with Crippen LogP contribution in [-0.2, 0) is 6.54 Å². The number of aliphatic hydroxyl groups excluding tert-OH is 1. The number of nitrogens with zero attached hydrogens (tertiary/aromatic N) is 4. The summed E-state index contributed by atoms with van der Waals surface area (Å²) in [6.45, 7) is 7.42. The molecule has 0 atom stereocenters. The fourth-order valence-electron chi connectivity index (χ4n) is 4.42. The van der Waals surface area contributed by atoms with Crippen LogP contribution in [0.25, 0.3) is 11.3 Å². The number of pyridine rings is 1. The molecule has 0 unspecified atom stereocenters. The van der Waals surface area contributed by atoms with Crippen molar-refractivity contribution in [2.75, 3.05) is 23.7 Å². The summed E-state index contributed by atoms with van der Waals surface area (Å²) in [5, 5.41) is 16.8. The smallest absolute Gasteiger partial charge is 0.229 e. The third kappa shape index (κ3) is 7.22. The Morgan fingerprint density at radius 1 is 1.00 bits per heavy atom. The molecule has 7 nitrogen and oxygen atoms in total. The van der Waals surface area contributed by atoms with E-state index in [2.05, 4.69) is 62.4 Å². The molecule has 0 saturated heterocycles. The Morgan fingerprint density at radius 3 is 2.43 bits per heavy atom. The zero-order chi connectivity index (χ0) is 24.6. The van der Waals surface area contributed by atoms with Gasteiger partial charge in [-0.05, 0) is 81.1 Å². The monoisotopic (exact) mass is 538 g/mol. The minimum Gasteiger partial charge on any atom is -0.393 e. The average Bonchev–Trinajstić information content (AvgIpc) is 2.87. The number of hydrogen-bond acceptors (Lipinski definition) is 7. The zero-order valence-corrected chi connectivity index (χ0v) is 22.1. The van der Waals surface area contributed by atoms with Gasteiger partial charge >= 0.3 is 0 Å². The summed E-state index contributed by atoms with van der Waals surface area (Å²) >= 11 is 3.47. The number of benzene rings is 1. The molecule has 1 saturated carbocycles. The topological polar surface area (TPSA) is 86.2 Å². The lowest BCUT2D eigenvalue weighted by molar-refractivity contribution is 0.126. The second kappa shape index (κ2) is 12.4. The SMILES string of the molecule is CCCN(CC)Cc1ccc(-c2cnc(Nc3ccc(Br)cc3)nc2NC2CCC(O)CC2)nc1. The van der Waals surface area contributed by atoms with Crippen LogP contribution in [0.3, 0.4) is 0 Å². The first-order chi connectivity index (χ1) is 17.0. The molecule has 8 heteroatoms. The van der Waals surface area contributed by atoms with Crippen LogP contribution in [-0.4, -0.2) is 50.2 Å². The number of hydrogen-bond donors (Lipinski definition) is 3. The van der Waals surface area contributed by atoms with Crippen molar-refractivity contribution in [2.45, 2.75) is 64.6 Å². The van der Waals surface area contributed by atoms with Crippen molar-refractivity contribution in [1.82, 2.24) is 19.9 Å². The highest BCUT2D eigenvalue weighted by atomic mass is 79.9. The van der Waals surface area contributed by atoms with Gasteiger partial charge in [0, 0.05) is 35.1 Å². The van der Waals surface area contributed by atoms with Gasteiger partial charge in [-0.25, -0.2) is 4.98 Å². The fraction of sp³-hybridized carbons (Fsp3) is 0.444. The van der Waals surface area contributed by atoms with Crippen molar-refractivity contribution in [1.29, 1.82) is 0 Å². The van der Waals surface area contributed by atoms with Crippen LogP contribution in [0.5, 0.6) is 0 Å². The Morgan fingerprint density at radius 2 is 1.77 bits per heavy atom. The molecular weight excluding hydrogens is 504 g/mol. The summed E-state index contributed by atoms with van der Waals surface area (Å²) in [5.74, 6) is 1.30. The fourth-order valence-corrected chi connectivity index (χ4v) is 4.68. The summed E-state index contributed by atoms with van der Waals surface area (Å²) in [7, 11) is 0. The summed E-state index contributed by atoms with van der Waals surface area (Å²) in [6, 6.07) is 12.4. The highest BCUT2D eigenvalue weighted by Crippen LogP contribution is 2.30. The van der Waals surface area contributed by atoms with E-state index >= 15 is 0 Å². The van der Waals surface area contributed by atoms with Gasteiger partial charge in [0.1, 0.15) is 5.82 Å². The Hall–Kier alpha value is -2.55. The minimum atomic E-state index is -0.197. The van der Waals surface area contributed by atoms with E-state index in [4.69, 9.17) is 9.97 Å². The van der Waals surface area contributed by atoms with Crippen molar-refractivity contribution in [3.8, 4) is 11.3 Å². The summed E-state index contributed by atoms with van der Waals surface area (Å²) < 4.78 is 1.02. The number of aliphatic hydroxyl groups is 1. The molecule has 0 amide bonds. The number of anilines is 3. The van der Waals surface area contributed by atoms with E-state index in [1.54, 1.807) is 0 Å². The minimum absolute atomic E-state index is 0.197. The predicted octanol–water partition coefficient (Wildman–Crippen LogP) is 5.99. The van der Waals surface area contributed by atoms with Gasteiger partial charge < -0.3 is 15.7 Å². The number of aromatic nitrogens is 3. The largest absolute Gasteiger partial charge is 0.393 e. The van der Waals surface area contributed by atoms with E-state index in [0.717, 1.165) is 79.0 Å². The molecule has 1 fully saturated rings. The molecule has 0 radical (unpaired) electrons. The summed E-state index contributed by atoms with van der Waals surface area (Å²) in [6.07, 6.45) is 8.19. The quantitative estimate of drug-likeness (QED) is 0.292. The summed E-state index contributed by atoms with van der Waals surface area (Å²) in [5.41, 5.74) is 3.85. The molecule has 1 aliphatic carbocycles. The maximum atomic E-state index is 9.91. The maximum absolute atomic E-state index is 9.91. The number of rotatable bonds is 10. The Balaban J connectivity index is 1.57. The van der Waals surface area contributed by atoms with Crippen LogP contribution in [0.1, 0.15) is 51.5 Å². The number of nitrogens with one attached hydrogen (secondary N) is 2. The summed E-state index contributed by atoms with van der Waals surface area (Å²) in [4.78, 5) is 16.6. The van der Waals surface area contributed by atoms with E-state index in [0.29, 0.717) is 5.95 Å². The van der Waals surface area contributed by atoms with Crippen molar-refractivity contribution < 1.29 is 5.11 Å². The van der Waals surface area contributed by atoms with Gasteiger partial charge in [0.15, 0.2) is 0 Å². The number of halogens is 1. The molecule has 3 N–H and O–H groups in total. The van der Waals surface area contributed by atoms with E-state index in [9.17, 15) is 5.11 Å². The van der Waals surface area contributed by atoms with E-state index in [1.807, 2.05) is 36.7 Å². The van der Waals surface area contributed by atoms with Gasteiger partial charge in [0.25, 0.3) is 0 Å². The van der Waals surface area contributed by atoms with Gasteiger partial charge in [0.2, 0.25) is 5.95 Å². The lowest BCUT2D eigenvalue weighted by Gasteiger charge is -2.27. The van der Waals surface area contributed by atoms with Crippen LogP contribution in [0.4, 0.5) is 17.5 Å². The van der Waals surface area contributed by atoms with Crippen LogP contribution in [0, 0.1) is 0 Å². The second-order valence-electron chi connectivity index (χ2n) is 9.16. The first-order valence-electron chi connectivity index (χ1n) is 12.6. The molecular formula is C27H35BrN6O. The second-order valence-corrected chi connectivity index (χ2v) is 10.1. The molecule has 0 spiro atoms. The Labute approximate surface area is 216 Å². The van der Waals surface area contributed by atoms with E-state index < -0.39 is 0 Å². The third-order valence-corrected chi connectivity index (χ3v) is 6.95. The van der Waals surface area contributed by atoms with E-state index in [-0.39, 0.29) is 12.1 Å². The molecule has 0 bridgehead atoms. The molecule has 4 rings (SSSR count). The molecule has 3 aromatic rings. The molecule has 1 aromatic carbocycles. The highest BCUT2D eigenvalue weighted by molar-refractivity contribution is 9.10. The molecule has 186 valence electrons. The van der Waals surface area contributed by atoms with Crippen molar-refractivity contribution >= 4 is 33.4 Å². The standard InChI is InChI=1S/C27H35BrN6O/c1-3-15-34(4-2)18-19-5-14-25(29-16-19)24-17-30-27(32-22-8-6-20(28)7-9-22)33-26(24)31-21-10-12-23(35)13-11-21/h5-9,14,16-17,21,23,35H,3-4,10-13,15,18H2,1-2H3,(H2,30,31,32,33). The first kappa shape index (κ1) is 25.5. The Bertz CT molecular complexity index is 1070. The highest BCUT2D eigenvalue weighted by Gasteiger charge is 2.21. The average molecular weight is 540 g/mol. The van der Waals surface area contributed by atoms with Gasteiger partial charge in [0.05, 0.1) is 17.4 Å². The van der Waals surface area contributed by atoms with Crippen LogP contribution < -0.4 is 10.6 Å². The molecule has 1 aliphatic rings. The van der Waals surface area contributed by atoms with Crippen molar-refractivity contribution in [2.24, 2.45) is 0 Å². The third-order valence-electron chi connectivity index (χ3n) is 6.42. The molecule has 2 aromatic heterocycles. The van der Waals surface area contributed by atoms with Gasteiger partial charge in [-0.2, -0.15) is 4.98 Å². The predicted molar refractivity (Wildman–Crippen MR) is 146 cm³/mol. The zero-order valence-electron chi connectivity index (χ0n) is 20.5. The van der Waals surface area contributed by atoms with Gasteiger partial charge in [-0.3, -0.25) is 9.88 Å². The molecule has 2 heterocycles. The molecule has 35 heavy (non-hydrogen) atoms. The normalized spacial score (nSPS) is 18.0.